The largest absolute Gasteiger partial charge is 0.0769 e. The van der Waals surface area contributed by atoms with Gasteiger partial charge in [-0.05, 0) is 166 Å². The topological polar surface area (TPSA) is 0 Å². The quantitative estimate of drug-likeness (QED) is 0.110. The van der Waals surface area contributed by atoms with Gasteiger partial charge in [-0.25, -0.2) is 0 Å². The van der Waals surface area contributed by atoms with Crippen LogP contribution in [-0.2, 0) is 0 Å². The maximum absolute atomic E-state index is 2.42. The maximum atomic E-state index is 2.42. The molecule has 0 unspecified atom stereocenters. The van der Waals surface area contributed by atoms with Gasteiger partial charge < -0.3 is 0 Å². The second-order valence-corrected chi connectivity index (χ2v) is 15.6. The fourth-order valence-electron chi connectivity index (χ4n) is 8.04. The minimum atomic E-state index is 0.686. The van der Waals surface area contributed by atoms with E-state index in [1.807, 2.05) is 0 Å². The summed E-state index contributed by atoms with van der Waals surface area (Å²) in [6, 6.07) is 49.5. The number of rotatable bonds is 12. The number of hydrogen-bond donors (Lipinski definition) is 0. The normalized spacial score (nSPS) is 14.5. The maximum Gasteiger partial charge on any atom is -0.0146 e. The summed E-state index contributed by atoms with van der Waals surface area (Å²) in [6.45, 7) is 9.06. The molecule has 0 spiro atoms. The van der Waals surface area contributed by atoms with Crippen molar-refractivity contribution in [3.8, 4) is 44.5 Å². The summed E-state index contributed by atoms with van der Waals surface area (Å²) in [5, 5.41) is 0. The van der Waals surface area contributed by atoms with Gasteiger partial charge in [0.05, 0.1) is 0 Å². The third-order valence-electron chi connectivity index (χ3n) is 11.5. The molecule has 0 aliphatic heterocycles. The van der Waals surface area contributed by atoms with Gasteiger partial charge >= 0.3 is 0 Å². The summed E-state index contributed by atoms with van der Waals surface area (Å²) in [5.41, 5.74) is 22.1. The average Bonchev–Trinajstić information content (AvgIpc) is 4.18. The zero-order valence-corrected chi connectivity index (χ0v) is 33.4. The molecule has 0 nitrogen and oxygen atoms in total. The van der Waals surface area contributed by atoms with Crippen LogP contribution in [0.25, 0.3) is 61.7 Å². The molecule has 2 saturated carbocycles. The van der Waals surface area contributed by atoms with E-state index in [0.717, 1.165) is 6.42 Å². The molecule has 6 aromatic rings. The highest BCUT2D eigenvalue weighted by Crippen LogP contribution is 2.46. The average molecular weight is 725 g/mol. The second-order valence-electron chi connectivity index (χ2n) is 15.6. The van der Waals surface area contributed by atoms with Crippen LogP contribution in [0.3, 0.4) is 0 Å². The van der Waals surface area contributed by atoms with Crippen molar-refractivity contribution in [1.82, 2.24) is 0 Å². The molecule has 0 aromatic heterocycles. The first-order valence-corrected chi connectivity index (χ1v) is 20.5. The minimum Gasteiger partial charge on any atom is -0.0769 e. The van der Waals surface area contributed by atoms with Crippen LogP contribution in [0.1, 0.15) is 85.3 Å². The molecule has 2 aliphatic carbocycles. The summed E-state index contributed by atoms with van der Waals surface area (Å²) in [6.07, 6.45) is 21.8. The molecule has 56 heavy (non-hydrogen) atoms. The molecule has 0 heterocycles. The molecule has 0 N–H and O–H groups in total. The Hall–Kier alpha value is -5.98. The Kier molecular flexibility index (Phi) is 11.1. The number of hydrogen-bond acceptors (Lipinski definition) is 0. The lowest BCUT2D eigenvalue weighted by Crippen LogP contribution is -1.95. The monoisotopic (exact) mass is 724 g/mol. The highest BCUT2D eigenvalue weighted by atomic mass is 14.3. The van der Waals surface area contributed by atoms with Crippen LogP contribution in [-0.4, -0.2) is 0 Å². The summed E-state index contributed by atoms with van der Waals surface area (Å²) >= 11 is 0. The lowest BCUT2D eigenvalue weighted by atomic mass is 9.86. The first-order valence-electron chi connectivity index (χ1n) is 20.5. The van der Waals surface area contributed by atoms with E-state index in [4.69, 9.17) is 0 Å². The molecular weight excluding hydrogens is 673 g/mol. The molecule has 0 bridgehead atoms. The van der Waals surface area contributed by atoms with E-state index in [2.05, 4.69) is 204 Å². The van der Waals surface area contributed by atoms with Crippen LogP contribution in [0.4, 0.5) is 0 Å². The molecule has 0 atom stereocenters. The Balaban J connectivity index is 1.22. The minimum absolute atomic E-state index is 0.686. The first kappa shape index (κ1) is 37.0. The van der Waals surface area contributed by atoms with Crippen molar-refractivity contribution >= 4 is 17.2 Å². The molecular formula is C56H52. The van der Waals surface area contributed by atoms with Crippen LogP contribution < -0.4 is 0 Å². The van der Waals surface area contributed by atoms with Crippen molar-refractivity contribution in [3.05, 3.63) is 209 Å². The summed E-state index contributed by atoms with van der Waals surface area (Å²) in [7, 11) is 0. The van der Waals surface area contributed by atoms with E-state index < -0.39 is 0 Å². The van der Waals surface area contributed by atoms with E-state index in [1.165, 1.54) is 115 Å². The predicted octanol–water partition coefficient (Wildman–Crippen LogP) is 16.0. The molecule has 2 fully saturated rings. The summed E-state index contributed by atoms with van der Waals surface area (Å²) < 4.78 is 0. The van der Waals surface area contributed by atoms with Gasteiger partial charge in [0, 0.05) is 0 Å². The molecule has 0 saturated heterocycles. The Morgan fingerprint density at radius 3 is 1.96 bits per heavy atom. The van der Waals surface area contributed by atoms with Crippen LogP contribution in [0.5, 0.6) is 0 Å². The SMILES string of the molecule is CC/C=C(\C=C/c1ccc(-c2ccccc2)cc1)c1cc(-c2cccc(/C(C)=C/C=C\C=C3CC3)c2C)cc(-c2cccc(-c3ccccc3C3CC3)c2C)c1. The van der Waals surface area contributed by atoms with Gasteiger partial charge in [-0.1, -0.05) is 170 Å². The van der Waals surface area contributed by atoms with E-state index in [-0.39, 0.29) is 0 Å². The van der Waals surface area contributed by atoms with Crippen molar-refractivity contribution in [3.63, 3.8) is 0 Å². The van der Waals surface area contributed by atoms with E-state index in [0.29, 0.717) is 5.92 Å². The van der Waals surface area contributed by atoms with Crippen LogP contribution in [0.15, 0.2) is 175 Å². The van der Waals surface area contributed by atoms with Gasteiger partial charge in [0.25, 0.3) is 0 Å². The first-order chi connectivity index (χ1) is 27.5. The third-order valence-corrected chi connectivity index (χ3v) is 11.5. The molecule has 0 radical (unpaired) electrons. The number of allylic oxidation sites excluding steroid dienone is 9. The molecule has 276 valence electrons. The van der Waals surface area contributed by atoms with E-state index >= 15 is 0 Å². The van der Waals surface area contributed by atoms with Crippen molar-refractivity contribution in [2.45, 2.75) is 65.7 Å². The standard InChI is InChI=1S/C56H52/c1-5-15-44(31-28-43-29-32-46(33-30-43)45-18-7-6-8-19-45)48-36-49(52-23-13-22-51(40(52)3)39(2)16-9-10-17-42-26-27-42)38-50(37-48)53-24-14-25-54(41(53)4)56-21-12-11-20-55(56)47-34-35-47/h6-25,28-33,36-38,47H,5,26-27,34-35H2,1-4H3/b10-9-,31-28-,39-16+,44-15+. The summed E-state index contributed by atoms with van der Waals surface area (Å²) in [5.74, 6) is 0.686. The van der Waals surface area contributed by atoms with Crippen molar-refractivity contribution in [1.29, 1.82) is 0 Å². The number of benzene rings is 6. The third kappa shape index (κ3) is 8.46. The fraction of sp³-hybridized carbons (Fsp3) is 0.179. The summed E-state index contributed by atoms with van der Waals surface area (Å²) in [4.78, 5) is 0. The molecule has 6 aromatic carbocycles. The Morgan fingerprint density at radius 2 is 1.25 bits per heavy atom. The van der Waals surface area contributed by atoms with Gasteiger partial charge in [0.15, 0.2) is 0 Å². The lowest BCUT2D eigenvalue weighted by molar-refractivity contribution is 1.13. The van der Waals surface area contributed by atoms with Gasteiger partial charge in [-0.2, -0.15) is 0 Å². The Labute approximate surface area is 335 Å². The van der Waals surface area contributed by atoms with Gasteiger partial charge in [-0.15, -0.1) is 0 Å². The van der Waals surface area contributed by atoms with E-state index in [1.54, 1.807) is 5.57 Å². The van der Waals surface area contributed by atoms with Gasteiger partial charge in [-0.3, -0.25) is 0 Å². The zero-order chi connectivity index (χ0) is 38.4. The smallest absolute Gasteiger partial charge is 0.0146 e. The van der Waals surface area contributed by atoms with E-state index in [9.17, 15) is 0 Å². The molecule has 0 heteroatoms. The second kappa shape index (κ2) is 16.8. The van der Waals surface area contributed by atoms with Crippen molar-refractivity contribution in [2.75, 3.05) is 0 Å². The zero-order valence-electron chi connectivity index (χ0n) is 33.4. The van der Waals surface area contributed by atoms with Crippen LogP contribution in [0.2, 0.25) is 0 Å². The Bertz CT molecular complexity index is 2500. The van der Waals surface area contributed by atoms with Crippen LogP contribution >= 0.6 is 0 Å². The molecule has 2 aliphatic rings. The van der Waals surface area contributed by atoms with Gasteiger partial charge in [0.1, 0.15) is 0 Å². The van der Waals surface area contributed by atoms with Crippen molar-refractivity contribution in [2.24, 2.45) is 0 Å². The van der Waals surface area contributed by atoms with Crippen molar-refractivity contribution < 1.29 is 0 Å². The highest BCUT2D eigenvalue weighted by Gasteiger charge is 2.26. The Morgan fingerprint density at radius 1 is 0.607 bits per heavy atom. The highest BCUT2D eigenvalue weighted by molar-refractivity contribution is 5.89. The van der Waals surface area contributed by atoms with Crippen LogP contribution in [0, 0.1) is 13.8 Å². The molecule has 0 amide bonds. The fourth-order valence-corrected chi connectivity index (χ4v) is 8.04. The lowest BCUT2D eigenvalue weighted by Gasteiger charge is -2.18. The van der Waals surface area contributed by atoms with Gasteiger partial charge in [0.2, 0.25) is 0 Å². The predicted molar refractivity (Wildman–Crippen MR) is 243 cm³/mol. The molecule has 8 rings (SSSR count).